The molecular weight excluding hydrogens is 355 g/mol. The number of piperidine rings is 1. The molecule has 2 atom stereocenters. The summed E-state index contributed by atoms with van der Waals surface area (Å²) in [5.74, 6) is -1.18. The van der Waals surface area contributed by atoms with Crippen LogP contribution in [-0.4, -0.2) is 53.0 Å². The number of carboxylic acid groups (broad SMARTS) is 1. The van der Waals surface area contributed by atoms with E-state index in [9.17, 15) is 23.9 Å². The van der Waals surface area contributed by atoms with Crippen LogP contribution in [-0.2, 0) is 9.59 Å². The second-order valence-electron chi connectivity index (χ2n) is 5.77. The molecule has 0 bridgehead atoms. The summed E-state index contributed by atoms with van der Waals surface area (Å²) < 4.78 is 18.5. The third kappa shape index (κ3) is 5.06. The van der Waals surface area contributed by atoms with E-state index in [1.165, 1.54) is 19.1 Å². The Labute approximate surface area is 148 Å². The van der Waals surface area contributed by atoms with Crippen LogP contribution in [0.25, 0.3) is 0 Å². The zero-order valence-corrected chi connectivity index (χ0v) is 14.3. The lowest BCUT2D eigenvalue weighted by atomic mass is 9.96. The minimum absolute atomic E-state index is 0.0287. The quantitative estimate of drug-likeness (QED) is 0.825. The van der Waals surface area contributed by atoms with Crippen molar-refractivity contribution in [3.8, 4) is 5.75 Å². The van der Waals surface area contributed by atoms with Crippen molar-refractivity contribution in [2.45, 2.75) is 31.8 Å². The van der Waals surface area contributed by atoms with E-state index in [0.29, 0.717) is 12.8 Å². The lowest BCUT2D eigenvalue weighted by molar-refractivity contribution is -0.125. The number of nitrogens with zero attached hydrogens (tertiary/aromatic N) is 1. The third-order valence-electron chi connectivity index (χ3n) is 3.92. The first-order valence-electron chi connectivity index (χ1n) is 7.65. The van der Waals surface area contributed by atoms with Gasteiger partial charge in [0, 0.05) is 18.7 Å². The summed E-state index contributed by atoms with van der Waals surface area (Å²) in [5.41, 5.74) is 0. The lowest BCUT2D eigenvalue weighted by Gasteiger charge is -2.36. The van der Waals surface area contributed by atoms with Gasteiger partial charge < -0.3 is 15.2 Å². The molecule has 2 N–H and O–H groups in total. The zero-order chi connectivity index (χ0) is 18.6. The summed E-state index contributed by atoms with van der Waals surface area (Å²) in [5, 5.41) is 11.8. The minimum atomic E-state index is -1.20. The van der Waals surface area contributed by atoms with E-state index in [-0.39, 0.29) is 29.7 Å². The Kier molecular flexibility index (Phi) is 6.19. The highest BCUT2D eigenvalue weighted by Gasteiger charge is 2.34. The zero-order valence-electron chi connectivity index (χ0n) is 13.5. The molecule has 2 amide bonds. The number of rotatable bonds is 5. The van der Waals surface area contributed by atoms with Crippen molar-refractivity contribution < 1.29 is 28.6 Å². The number of ether oxygens (including phenoxy) is 1. The number of carbonyl (C=O) groups is 3. The van der Waals surface area contributed by atoms with Gasteiger partial charge in [0.05, 0.1) is 11.1 Å². The molecule has 1 aliphatic rings. The number of carbonyl (C=O) groups excluding carboxylic acids is 2. The second-order valence-corrected chi connectivity index (χ2v) is 6.17. The Balaban J connectivity index is 1.87. The average Bonchev–Trinajstić information content (AvgIpc) is 2.55. The summed E-state index contributed by atoms with van der Waals surface area (Å²) in [4.78, 5) is 35.7. The van der Waals surface area contributed by atoms with Gasteiger partial charge in [-0.2, -0.15) is 0 Å². The third-order valence-corrected chi connectivity index (χ3v) is 4.23. The average molecular weight is 373 g/mol. The van der Waals surface area contributed by atoms with Crippen LogP contribution in [0.4, 0.5) is 9.18 Å². The number of hydrogen-bond donors (Lipinski definition) is 2. The van der Waals surface area contributed by atoms with Crippen molar-refractivity contribution >= 4 is 29.4 Å². The Bertz CT molecular complexity index is 684. The molecule has 136 valence electrons. The van der Waals surface area contributed by atoms with Crippen molar-refractivity contribution in [3.63, 3.8) is 0 Å². The number of halogens is 2. The highest BCUT2D eigenvalue weighted by Crippen LogP contribution is 2.21. The Morgan fingerprint density at radius 3 is 2.72 bits per heavy atom. The van der Waals surface area contributed by atoms with Crippen LogP contribution in [0, 0.1) is 5.82 Å². The van der Waals surface area contributed by atoms with Crippen LogP contribution in [0.3, 0.4) is 0 Å². The largest absolute Gasteiger partial charge is 0.484 e. The number of benzene rings is 1. The Morgan fingerprint density at radius 2 is 2.12 bits per heavy atom. The van der Waals surface area contributed by atoms with Crippen LogP contribution in [0.1, 0.15) is 19.8 Å². The van der Waals surface area contributed by atoms with Gasteiger partial charge in [-0.25, -0.2) is 9.18 Å². The summed E-state index contributed by atoms with van der Waals surface area (Å²) in [6.45, 7) is 1.03. The van der Waals surface area contributed by atoms with E-state index in [1.807, 2.05) is 0 Å². The van der Waals surface area contributed by atoms with Gasteiger partial charge in [0.1, 0.15) is 11.6 Å². The lowest BCUT2D eigenvalue weighted by Crippen LogP contribution is -2.56. The number of ketones is 1. The predicted octanol–water partition coefficient (Wildman–Crippen LogP) is 2.07. The maximum absolute atomic E-state index is 13.3. The van der Waals surface area contributed by atoms with Gasteiger partial charge in [-0.1, -0.05) is 11.6 Å². The van der Waals surface area contributed by atoms with Crippen molar-refractivity contribution in [2.75, 3.05) is 13.2 Å². The second kappa shape index (κ2) is 8.15. The molecule has 2 rings (SSSR count). The molecule has 0 saturated carbocycles. The highest BCUT2D eigenvalue weighted by atomic mass is 35.5. The molecule has 1 aromatic rings. The molecular formula is C16H18ClFN2O5. The highest BCUT2D eigenvalue weighted by molar-refractivity contribution is 6.30. The van der Waals surface area contributed by atoms with Crippen molar-refractivity contribution in [3.05, 3.63) is 29.0 Å². The monoisotopic (exact) mass is 372 g/mol. The molecule has 1 saturated heterocycles. The van der Waals surface area contributed by atoms with Gasteiger partial charge in [0.15, 0.2) is 12.4 Å². The Hall–Kier alpha value is -2.35. The molecule has 0 unspecified atom stereocenters. The van der Waals surface area contributed by atoms with Crippen LogP contribution in [0.15, 0.2) is 18.2 Å². The Morgan fingerprint density at radius 1 is 1.40 bits per heavy atom. The smallest absolute Gasteiger partial charge is 0.407 e. The summed E-state index contributed by atoms with van der Waals surface area (Å²) in [6.07, 6.45) is -0.377. The van der Waals surface area contributed by atoms with Crippen LogP contribution < -0.4 is 10.1 Å². The summed E-state index contributed by atoms with van der Waals surface area (Å²) >= 11 is 5.56. The fourth-order valence-corrected chi connectivity index (χ4v) is 2.83. The SMILES string of the molecule is CC(=O)[C@H]1CC[C@H](NC(=O)COc2ccc(Cl)c(F)c2)CN1C(=O)O. The molecule has 1 aromatic carbocycles. The van der Waals surface area contributed by atoms with E-state index in [0.717, 1.165) is 11.0 Å². The fraction of sp³-hybridized carbons (Fsp3) is 0.438. The first-order chi connectivity index (χ1) is 11.8. The topological polar surface area (TPSA) is 95.9 Å². The number of likely N-dealkylation sites (tertiary alicyclic amines) is 1. The molecule has 0 aromatic heterocycles. The molecule has 0 radical (unpaired) electrons. The predicted molar refractivity (Wildman–Crippen MR) is 87.3 cm³/mol. The van der Waals surface area contributed by atoms with Crippen molar-refractivity contribution in [2.24, 2.45) is 0 Å². The van der Waals surface area contributed by atoms with Crippen molar-refractivity contribution in [1.29, 1.82) is 0 Å². The fourth-order valence-electron chi connectivity index (χ4n) is 2.71. The standard InChI is InChI=1S/C16H18ClFN2O5/c1-9(21)14-5-2-10(7-20(14)16(23)24)19-15(22)8-25-11-3-4-12(17)13(18)6-11/h3-4,6,10,14H,2,5,7-8H2,1H3,(H,19,22)(H,23,24)/t10-,14+/m0/s1. The van der Waals surface area contributed by atoms with Crippen LogP contribution in [0.5, 0.6) is 5.75 Å². The first-order valence-corrected chi connectivity index (χ1v) is 8.03. The number of amides is 2. The molecule has 1 aliphatic heterocycles. The van der Waals surface area contributed by atoms with Gasteiger partial charge in [0.2, 0.25) is 0 Å². The molecule has 1 fully saturated rings. The number of Topliss-reactive ketones (excluding diaryl/α,β-unsaturated/α-hetero) is 1. The van der Waals surface area contributed by atoms with Crippen molar-refractivity contribution in [1.82, 2.24) is 10.2 Å². The van der Waals surface area contributed by atoms with E-state index >= 15 is 0 Å². The van der Waals surface area contributed by atoms with E-state index < -0.39 is 29.9 Å². The number of hydrogen-bond acceptors (Lipinski definition) is 4. The van der Waals surface area contributed by atoms with Crippen LogP contribution in [0.2, 0.25) is 5.02 Å². The number of nitrogens with one attached hydrogen (secondary N) is 1. The molecule has 25 heavy (non-hydrogen) atoms. The normalized spacial score (nSPS) is 20.0. The summed E-state index contributed by atoms with van der Waals surface area (Å²) in [6, 6.07) is 2.73. The van der Waals surface area contributed by atoms with Gasteiger partial charge in [-0.05, 0) is 31.9 Å². The maximum Gasteiger partial charge on any atom is 0.407 e. The van der Waals surface area contributed by atoms with Crippen LogP contribution >= 0.6 is 11.6 Å². The van der Waals surface area contributed by atoms with Gasteiger partial charge in [0.25, 0.3) is 5.91 Å². The van der Waals surface area contributed by atoms with E-state index in [4.69, 9.17) is 16.3 Å². The first kappa shape index (κ1) is 19.0. The molecule has 9 heteroatoms. The van der Waals surface area contributed by atoms with Gasteiger partial charge in [-0.15, -0.1) is 0 Å². The molecule has 0 spiro atoms. The van der Waals surface area contributed by atoms with Gasteiger partial charge >= 0.3 is 6.09 Å². The molecule has 0 aliphatic carbocycles. The summed E-state index contributed by atoms with van der Waals surface area (Å²) in [7, 11) is 0. The van der Waals surface area contributed by atoms with E-state index in [1.54, 1.807) is 0 Å². The van der Waals surface area contributed by atoms with Gasteiger partial charge in [-0.3, -0.25) is 14.5 Å². The minimum Gasteiger partial charge on any atom is -0.484 e. The molecule has 7 nitrogen and oxygen atoms in total. The maximum atomic E-state index is 13.3. The molecule has 1 heterocycles. The van der Waals surface area contributed by atoms with E-state index in [2.05, 4.69) is 5.32 Å².